The molecule has 1 atom stereocenters. The standard InChI is InChI=1S/C18H20F2O/c1-18(2,3)14-7-4-12(5-8-14)17(21)10-13-6-9-15(19)11-16(13)20/h4-9,11,17,21H,10H2,1-3H3. The van der Waals surface area contributed by atoms with Gasteiger partial charge in [-0.1, -0.05) is 51.1 Å². The van der Waals surface area contributed by atoms with E-state index in [0.717, 1.165) is 11.6 Å². The van der Waals surface area contributed by atoms with Gasteiger partial charge >= 0.3 is 0 Å². The lowest BCUT2D eigenvalue weighted by Gasteiger charge is -2.20. The van der Waals surface area contributed by atoms with Crippen molar-refractivity contribution in [1.29, 1.82) is 0 Å². The second kappa shape index (κ2) is 5.94. The quantitative estimate of drug-likeness (QED) is 0.880. The first-order valence-electron chi connectivity index (χ1n) is 7.00. The molecule has 0 radical (unpaired) electrons. The Morgan fingerprint density at radius 3 is 2.14 bits per heavy atom. The van der Waals surface area contributed by atoms with Crippen molar-refractivity contribution < 1.29 is 13.9 Å². The molecule has 0 aliphatic rings. The fraction of sp³-hybridized carbons (Fsp3) is 0.333. The number of benzene rings is 2. The molecule has 2 aromatic carbocycles. The lowest BCUT2D eigenvalue weighted by Crippen LogP contribution is -2.11. The maximum Gasteiger partial charge on any atom is 0.129 e. The van der Waals surface area contributed by atoms with Crippen LogP contribution in [-0.2, 0) is 11.8 Å². The van der Waals surface area contributed by atoms with E-state index in [2.05, 4.69) is 20.8 Å². The number of hydrogen-bond acceptors (Lipinski definition) is 1. The molecule has 0 heterocycles. The van der Waals surface area contributed by atoms with Crippen molar-refractivity contribution in [2.75, 3.05) is 0 Å². The Bertz CT molecular complexity index is 612. The van der Waals surface area contributed by atoms with Crippen molar-refractivity contribution in [2.24, 2.45) is 0 Å². The summed E-state index contributed by atoms with van der Waals surface area (Å²) in [6.45, 7) is 6.35. The van der Waals surface area contributed by atoms with Crippen molar-refractivity contribution in [3.63, 3.8) is 0 Å². The minimum Gasteiger partial charge on any atom is -0.388 e. The zero-order chi connectivity index (χ0) is 15.6. The molecule has 2 aromatic rings. The van der Waals surface area contributed by atoms with Gasteiger partial charge in [0.25, 0.3) is 0 Å². The van der Waals surface area contributed by atoms with Crippen LogP contribution in [0.1, 0.15) is 43.6 Å². The van der Waals surface area contributed by atoms with E-state index in [1.165, 1.54) is 17.7 Å². The van der Waals surface area contributed by atoms with E-state index in [1.807, 2.05) is 24.3 Å². The van der Waals surface area contributed by atoms with E-state index in [4.69, 9.17) is 0 Å². The zero-order valence-electron chi connectivity index (χ0n) is 12.5. The molecule has 1 unspecified atom stereocenters. The van der Waals surface area contributed by atoms with E-state index in [-0.39, 0.29) is 11.8 Å². The summed E-state index contributed by atoms with van der Waals surface area (Å²) in [5.41, 5.74) is 2.26. The lowest BCUT2D eigenvalue weighted by molar-refractivity contribution is 0.177. The smallest absolute Gasteiger partial charge is 0.129 e. The topological polar surface area (TPSA) is 20.2 Å². The first-order valence-corrected chi connectivity index (χ1v) is 7.00. The molecule has 0 fully saturated rings. The molecule has 1 N–H and O–H groups in total. The summed E-state index contributed by atoms with van der Waals surface area (Å²) < 4.78 is 26.5. The zero-order valence-corrected chi connectivity index (χ0v) is 12.5. The maximum absolute atomic E-state index is 13.6. The third-order valence-corrected chi connectivity index (χ3v) is 3.59. The summed E-state index contributed by atoms with van der Waals surface area (Å²) in [6, 6.07) is 11.1. The lowest BCUT2D eigenvalue weighted by atomic mass is 9.86. The predicted molar refractivity (Wildman–Crippen MR) is 80.2 cm³/mol. The number of rotatable bonds is 3. The Morgan fingerprint density at radius 2 is 1.62 bits per heavy atom. The van der Waals surface area contributed by atoms with Crippen LogP contribution in [0.3, 0.4) is 0 Å². The Hall–Kier alpha value is -1.74. The molecule has 21 heavy (non-hydrogen) atoms. The largest absolute Gasteiger partial charge is 0.388 e. The Labute approximate surface area is 124 Å². The summed E-state index contributed by atoms with van der Waals surface area (Å²) in [6.07, 6.45) is -0.681. The summed E-state index contributed by atoms with van der Waals surface area (Å²) in [4.78, 5) is 0. The van der Waals surface area contributed by atoms with Gasteiger partial charge in [0.2, 0.25) is 0 Å². The number of halogens is 2. The SMILES string of the molecule is CC(C)(C)c1ccc(C(O)Cc2ccc(F)cc2F)cc1. The highest BCUT2D eigenvalue weighted by molar-refractivity contribution is 5.30. The monoisotopic (exact) mass is 290 g/mol. The molecular weight excluding hydrogens is 270 g/mol. The van der Waals surface area contributed by atoms with Crippen LogP contribution in [0.5, 0.6) is 0 Å². The predicted octanol–water partition coefficient (Wildman–Crippen LogP) is 4.54. The fourth-order valence-corrected chi connectivity index (χ4v) is 2.22. The highest BCUT2D eigenvalue weighted by Gasteiger charge is 2.16. The van der Waals surface area contributed by atoms with Crippen LogP contribution < -0.4 is 0 Å². The third-order valence-electron chi connectivity index (χ3n) is 3.59. The maximum atomic E-state index is 13.6. The van der Waals surface area contributed by atoms with Gasteiger partial charge in [0.05, 0.1) is 6.10 Å². The molecule has 0 amide bonds. The minimum atomic E-state index is -0.807. The van der Waals surface area contributed by atoms with Crippen LogP contribution in [0.15, 0.2) is 42.5 Å². The number of hydrogen-bond donors (Lipinski definition) is 1. The van der Waals surface area contributed by atoms with Gasteiger partial charge in [-0.05, 0) is 28.2 Å². The molecule has 2 rings (SSSR count). The second-order valence-corrected chi connectivity index (χ2v) is 6.33. The number of aliphatic hydroxyl groups excluding tert-OH is 1. The van der Waals surface area contributed by atoms with Gasteiger partial charge in [0, 0.05) is 12.5 Å². The van der Waals surface area contributed by atoms with Gasteiger partial charge in [-0.15, -0.1) is 0 Å². The highest BCUT2D eigenvalue weighted by atomic mass is 19.1. The van der Waals surface area contributed by atoms with Gasteiger partial charge in [-0.25, -0.2) is 8.78 Å². The molecular formula is C18H20F2O. The van der Waals surface area contributed by atoms with Crippen LogP contribution in [0.2, 0.25) is 0 Å². The van der Waals surface area contributed by atoms with Crippen molar-refractivity contribution in [3.05, 3.63) is 70.8 Å². The van der Waals surface area contributed by atoms with Crippen LogP contribution in [0, 0.1) is 11.6 Å². The van der Waals surface area contributed by atoms with E-state index < -0.39 is 17.7 Å². The average molecular weight is 290 g/mol. The molecule has 0 aromatic heterocycles. The highest BCUT2D eigenvalue weighted by Crippen LogP contribution is 2.25. The molecule has 0 saturated heterocycles. The first-order chi connectivity index (χ1) is 9.77. The van der Waals surface area contributed by atoms with Gasteiger partial charge in [0.15, 0.2) is 0 Å². The summed E-state index contributed by atoms with van der Waals surface area (Å²) in [7, 11) is 0. The van der Waals surface area contributed by atoms with E-state index in [0.29, 0.717) is 5.56 Å². The normalized spacial score (nSPS) is 13.2. The van der Waals surface area contributed by atoms with Crippen molar-refractivity contribution >= 4 is 0 Å². The Balaban J connectivity index is 2.15. The Morgan fingerprint density at radius 1 is 1.00 bits per heavy atom. The van der Waals surface area contributed by atoms with Gasteiger partial charge in [0.1, 0.15) is 11.6 Å². The van der Waals surface area contributed by atoms with Crippen LogP contribution >= 0.6 is 0 Å². The molecule has 3 heteroatoms. The van der Waals surface area contributed by atoms with Gasteiger partial charge < -0.3 is 5.11 Å². The van der Waals surface area contributed by atoms with Crippen molar-refractivity contribution in [3.8, 4) is 0 Å². The third kappa shape index (κ3) is 3.88. The molecule has 112 valence electrons. The Kier molecular flexibility index (Phi) is 4.43. The molecule has 0 spiro atoms. The molecule has 0 aliphatic carbocycles. The summed E-state index contributed by atoms with van der Waals surface area (Å²) >= 11 is 0. The van der Waals surface area contributed by atoms with Crippen LogP contribution in [0.25, 0.3) is 0 Å². The summed E-state index contributed by atoms with van der Waals surface area (Å²) in [5.74, 6) is -1.24. The van der Waals surface area contributed by atoms with Crippen LogP contribution in [-0.4, -0.2) is 5.11 Å². The minimum absolute atomic E-state index is 0.0482. The summed E-state index contributed by atoms with van der Waals surface area (Å²) in [5, 5.41) is 10.2. The average Bonchev–Trinajstić information content (AvgIpc) is 2.41. The number of aliphatic hydroxyl groups is 1. The van der Waals surface area contributed by atoms with Crippen molar-refractivity contribution in [1.82, 2.24) is 0 Å². The molecule has 0 bridgehead atoms. The van der Waals surface area contributed by atoms with Gasteiger partial charge in [-0.2, -0.15) is 0 Å². The van der Waals surface area contributed by atoms with E-state index in [1.54, 1.807) is 0 Å². The second-order valence-electron chi connectivity index (χ2n) is 6.33. The van der Waals surface area contributed by atoms with Gasteiger partial charge in [-0.3, -0.25) is 0 Å². The molecule has 0 aliphatic heterocycles. The fourth-order valence-electron chi connectivity index (χ4n) is 2.22. The van der Waals surface area contributed by atoms with Crippen LogP contribution in [0.4, 0.5) is 8.78 Å². The van der Waals surface area contributed by atoms with E-state index in [9.17, 15) is 13.9 Å². The van der Waals surface area contributed by atoms with E-state index >= 15 is 0 Å². The first kappa shape index (κ1) is 15.6. The molecule has 1 nitrogen and oxygen atoms in total. The van der Waals surface area contributed by atoms with Crippen molar-refractivity contribution in [2.45, 2.75) is 38.7 Å². The molecule has 0 saturated carbocycles.